The largest absolute Gasteiger partial charge is 0.271 e. The Hall–Kier alpha value is -0.930. The van der Waals surface area contributed by atoms with Crippen LogP contribution in [-0.4, -0.2) is 0 Å². The molecule has 0 spiro atoms. The summed E-state index contributed by atoms with van der Waals surface area (Å²) in [5.41, 5.74) is 4.25. The molecule has 3 heteroatoms. The average molecular weight is 168 g/mol. The summed E-state index contributed by atoms with van der Waals surface area (Å²) in [6.45, 7) is 3.66. The number of nitrogens with two attached hydrogens (primary N) is 1. The highest BCUT2D eigenvalue weighted by Crippen LogP contribution is 2.15. The van der Waals surface area contributed by atoms with Gasteiger partial charge in [0.1, 0.15) is 5.82 Å². The molecule has 0 saturated carbocycles. The van der Waals surface area contributed by atoms with E-state index in [2.05, 4.69) is 5.43 Å². The standard InChI is InChI=1S/C9H13FN2/c1-6-5-8(7(2)12-11)3-4-9(6)10/h3-5,7,12H,11H2,1-2H3. The van der Waals surface area contributed by atoms with Crippen molar-refractivity contribution in [3.63, 3.8) is 0 Å². The maximum atomic E-state index is 12.8. The van der Waals surface area contributed by atoms with Gasteiger partial charge in [-0.05, 0) is 31.0 Å². The number of benzene rings is 1. The van der Waals surface area contributed by atoms with E-state index in [4.69, 9.17) is 5.84 Å². The lowest BCUT2D eigenvalue weighted by atomic mass is 10.1. The molecule has 1 atom stereocenters. The van der Waals surface area contributed by atoms with Crippen LogP contribution in [0.2, 0.25) is 0 Å². The number of hydrogen-bond donors (Lipinski definition) is 2. The second-order valence-electron chi connectivity index (χ2n) is 2.90. The smallest absolute Gasteiger partial charge is 0.126 e. The topological polar surface area (TPSA) is 38.0 Å². The minimum Gasteiger partial charge on any atom is -0.271 e. The third-order valence-corrected chi connectivity index (χ3v) is 1.93. The maximum Gasteiger partial charge on any atom is 0.126 e. The summed E-state index contributed by atoms with van der Waals surface area (Å²) in [4.78, 5) is 0. The molecule has 12 heavy (non-hydrogen) atoms. The van der Waals surface area contributed by atoms with Crippen molar-refractivity contribution in [2.45, 2.75) is 19.9 Å². The highest BCUT2D eigenvalue weighted by atomic mass is 19.1. The monoisotopic (exact) mass is 168 g/mol. The summed E-state index contributed by atoms with van der Waals surface area (Å²) >= 11 is 0. The second-order valence-corrected chi connectivity index (χ2v) is 2.90. The quantitative estimate of drug-likeness (QED) is 0.520. The zero-order chi connectivity index (χ0) is 9.14. The molecule has 0 aliphatic heterocycles. The van der Waals surface area contributed by atoms with Crippen LogP contribution < -0.4 is 11.3 Å². The van der Waals surface area contributed by atoms with Crippen molar-refractivity contribution in [1.29, 1.82) is 0 Å². The van der Waals surface area contributed by atoms with Crippen LogP contribution in [-0.2, 0) is 0 Å². The Kier molecular flexibility index (Phi) is 2.78. The van der Waals surface area contributed by atoms with E-state index in [0.29, 0.717) is 5.56 Å². The van der Waals surface area contributed by atoms with Crippen molar-refractivity contribution in [1.82, 2.24) is 5.43 Å². The zero-order valence-corrected chi connectivity index (χ0v) is 7.26. The summed E-state index contributed by atoms with van der Waals surface area (Å²) in [6, 6.07) is 5.04. The molecule has 66 valence electrons. The van der Waals surface area contributed by atoms with Gasteiger partial charge in [0.25, 0.3) is 0 Å². The number of hydrogen-bond acceptors (Lipinski definition) is 2. The predicted octanol–water partition coefficient (Wildman–Crippen LogP) is 1.66. The van der Waals surface area contributed by atoms with Crippen LogP contribution in [0, 0.1) is 12.7 Å². The molecule has 0 fully saturated rings. The second kappa shape index (κ2) is 3.65. The molecule has 0 aliphatic carbocycles. The molecule has 3 N–H and O–H groups in total. The minimum absolute atomic E-state index is 0.0595. The van der Waals surface area contributed by atoms with Crippen molar-refractivity contribution in [3.05, 3.63) is 35.1 Å². The summed E-state index contributed by atoms with van der Waals surface area (Å²) in [5, 5.41) is 0. The summed E-state index contributed by atoms with van der Waals surface area (Å²) in [6.07, 6.45) is 0. The lowest BCUT2D eigenvalue weighted by Crippen LogP contribution is -2.25. The molecule has 0 amide bonds. The fourth-order valence-corrected chi connectivity index (χ4v) is 1.03. The summed E-state index contributed by atoms with van der Waals surface area (Å²) in [5.74, 6) is 5.07. The van der Waals surface area contributed by atoms with E-state index in [1.165, 1.54) is 6.07 Å². The number of rotatable bonds is 2. The lowest BCUT2D eigenvalue weighted by molar-refractivity contribution is 0.591. The van der Waals surface area contributed by atoms with Crippen molar-refractivity contribution in [2.75, 3.05) is 0 Å². The van der Waals surface area contributed by atoms with Crippen LogP contribution in [0.5, 0.6) is 0 Å². The Labute approximate surface area is 71.6 Å². The van der Waals surface area contributed by atoms with Crippen molar-refractivity contribution in [2.24, 2.45) is 5.84 Å². The fourth-order valence-electron chi connectivity index (χ4n) is 1.03. The van der Waals surface area contributed by atoms with E-state index in [-0.39, 0.29) is 11.9 Å². The van der Waals surface area contributed by atoms with E-state index < -0.39 is 0 Å². The van der Waals surface area contributed by atoms with Gasteiger partial charge in [-0.3, -0.25) is 11.3 Å². The van der Waals surface area contributed by atoms with Crippen LogP contribution in [0.4, 0.5) is 4.39 Å². The van der Waals surface area contributed by atoms with E-state index in [9.17, 15) is 4.39 Å². The van der Waals surface area contributed by atoms with Gasteiger partial charge < -0.3 is 0 Å². The zero-order valence-electron chi connectivity index (χ0n) is 7.26. The van der Waals surface area contributed by atoms with Crippen LogP contribution in [0.1, 0.15) is 24.1 Å². The Morgan fingerprint density at radius 1 is 1.50 bits per heavy atom. The number of hydrazine groups is 1. The Morgan fingerprint density at radius 3 is 2.67 bits per heavy atom. The predicted molar refractivity (Wildman–Crippen MR) is 46.9 cm³/mol. The van der Waals surface area contributed by atoms with Crippen LogP contribution in [0.25, 0.3) is 0 Å². The van der Waals surface area contributed by atoms with Gasteiger partial charge in [-0.1, -0.05) is 12.1 Å². The van der Waals surface area contributed by atoms with Gasteiger partial charge in [0.15, 0.2) is 0 Å². The molecule has 0 radical (unpaired) electrons. The minimum atomic E-state index is -0.178. The maximum absolute atomic E-state index is 12.8. The first kappa shape index (κ1) is 9.16. The Balaban J connectivity index is 2.96. The third-order valence-electron chi connectivity index (χ3n) is 1.93. The van der Waals surface area contributed by atoms with Gasteiger partial charge in [0.05, 0.1) is 0 Å². The first-order valence-corrected chi connectivity index (χ1v) is 3.87. The first-order chi connectivity index (χ1) is 5.65. The molecular formula is C9H13FN2. The third kappa shape index (κ3) is 1.81. The van der Waals surface area contributed by atoms with E-state index in [1.54, 1.807) is 19.1 Å². The molecular weight excluding hydrogens is 155 g/mol. The average Bonchev–Trinajstić information content (AvgIpc) is 2.08. The SMILES string of the molecule is Cc1cc(C(C)NN)ccc1F. The number of aryl methyl sites for hydroxylation is 1. The van der Waals surface area contributed by atoms with Gasteiger partial charge in [-0.25, -0.2) is 4.39 Å². The van der Waals surface area contributed by atoms with Gasteiger partial charge in [0.2, 0.25) is 0 Å². The first-order valence-electron chi connectivity index (χ1n) is 3.87. The summed E-state index contributed by atoms with van der Waals surface area (Å²) in [7, 11) is 0. The van der Waals surface area contributed by atoms with Crippen LogP contribution >= 0.6 is 0 Å². The van der Waals surface area contributed by atoms with Gasteiger partial charge in [0, 0.05) is 6.04 Å². The molecule has 0 bridgehead atoms. The fraction of sp³-hybridized carbons (Fsp3) is 0.333. The molecule has 1 aromatic carbocycles. The molecule has 0 saturated heterocycles. The van der Waals surface area contributed by atoms with E-state index in [0.717, 1.165) is 5.56 Å². The molecule has 2 nitrogen and oxygen atoms in total. The summed E-state index contributed by atoms with van der Waals surface area (Å²) < 4.78 is 12.8. The lowest BCUT2D eigenvalue weighted by Gasteiger charge is -2.10. The Morgan fingerprint density at radius 2 is 2.17 bits per heavy atom. The van der Waals surface area contributed by atoms with Gasteiger partial charge in [-0.2, -0.15) is 0 Å². The number of nitrogens with one attached hydrogen (secondary N) is 1. The van der Waals surface area contributed by atoms with Crippen molar-refractivity contribution < 1.29 is 4.39 Å². The highest BCUT2D eigenvalue weighted by molar-refractivity contribution is 5.25. The normalized spacial score (nSPS) is 13.0. The van der Waals surface area contributed by atoms with Crippen molar-refractivity contribution >= 4 is 0 Å². The molecule has 0 heterocycles. The molecule has 1 rings (SSSR count). The van der Waals surface area contributed by atoms with Crippen LogP contribution in [0.15, 0.2) is 18.2 Å². The van der Waals surface area contributed by atoms with Gasteiger partial charge in [-0.15, -0.1) is 0 Å². The molecule has 0 aromatic heterocycles. The van der Waals surface area contributed by atoms with E-state index >= 15 is 0 Å². The number of halogens is 1. The van der Waals surface area contributed by atoms with Crippen molar-refractivity contribution in [3.8, 4) is 0 Å². The molecule has 1 aromatic rings. The van der Waals surface area contributed by atoms with Gasteiger partial charge >= 0.3 is 0 Å². The Bertz CT molecular complexity index is 273. The molecule has 0 aliphatic rings. The molecule has 1 unspecified atom stereocenters. The highest BCUT2D eigenvalue weighted by Gasteiger charge is 2.04. The van der Waals surface area contributed by atoms with E-state index in [1.807, 2.05) is 6.92 Å². The van der Waals surface area contributed by atoms with Crippen LogP contribution in [0.3, 0.4) is 0 Å².